The number of allylic oxidation sites excluding steroid dienone is 3. The summed E-state index contributed by atoms with van der Waals surface area (Å²) in [5, 5.41) is 8.54. The van der Waals surface area contributed by atoms with Crippen molar-refractivity contribution in [1.82, 2.24) is 4.90 Å². The van der Waals surface area contributed by atoms with Crippen LogP contribution in [0.4, 0.5) is 0 Å². The average Bonchev–Trinajstić information content (AvgIpc) is 1.90. The van der Waals surface area contributed by atoms with Crippen molar-refractivity contribution in [1.29, 1.82) is 5.26 Å². The zero-order valence-electron chi connectivity index (χ0n) is 6.68. The summed E-state index contributed by atoms with van der Waals surface area (Å²) in [4.78, 5) is 1.89. The molecule has 0 fully saturated rings. The molecule has 2 nitrogen and oxygen atoms in total. The molecule has 0 aliphatic carbocycles. The van der Waals surface area contributed by atoms with Gasteiger partial charge in [0.05, 0.1) is 5.57 Å². The second-order valence-corrected chi connectivity index (χ2v) is 2.21. The number of rotatable bonds is 2. The molecule has 0 unspecified atom stereocenters. The number of nitriles is 1. The monoisotopic (exact) mass is 136 g/mol. The number of nitrogens with zero attached hydrogens (tertiary/aromatic N) is 2. The van der Waals surface area contributed by atoms with E-state index < -0.39 is 0 Å². The van der Waals surface area contributed by atoms with Gasteiger partial charge in [0.15, 0.2) is 0 Å². The SMILES string of the molecule is C=C/C(C#N)=C(/C)N(C)C. The Morgan fingerprint density at radius 1 is 1.60 bits per heavy atom. The van der Waals surface area contributed by atoms with Gasteiger partial charge in [0.2, 0.25) is 0 Å². The van der Waals surface area contributed by atoms with Gasteiger partial charge in [-0.1, -0.05) is 6.58 Å². The molecule has 10 heavy (non-hydrogen) atoms. The molecule has 0 aromatic carbocycles. The van der Waals surface area contributed by atoms with Crippen LogP contribution >= 0.6 is 0 Å². The molecule has 0 saturated carbocycles. The van der Waals surface area contributed by atoms with Gasteiger partial charge in [-0.05, 0) is 13.0 Å². The normalized spacial score (nSPS) is 11.4. The van der Waals surface area contributed by atoms with E-state index >= 15 is 0 Å². The summed E-state index contributed by atoms with van der Waals surface area (Å²) in [5.41, 5.74) is 1.57. The molecular weight excluding hydrogens is 124 g/mol. The van der Waals surface area contributed by atoms with E-state index in [1.54, 1.807) is 6.08 Å². The molecule has 0 spiro atoms. The minimum absolute atomic E-state index is 0.630. The summed E-state index contributed by atoms with van der Waals surface area (Å²) in [6, 6.07) is 2.05. The van der Waals surface area contributed by atoms with E-state index in [0.717, 1.165) is 5.70 Å². The van der Waals surface area contributed by atoms with Crippen LogP contribution < -0.4 is 0 Å². The van der Waals surface area contributed by atoms with E-state index in [9.17, 15) is 0 Å². The summed E-state index contributed by atoms with van der Waals surface area (Å²) >= 11 is 0. The van der Waals surface area contributed by atoms with Crippen LogP contribution in [0.1, 0.15) is 6.92 Å². The maximum absolute atomic E-state index is 8.54. The highest BCUT2D eigenvalue weighted by Crippen LogP contribution is 2.05. The minimum Gasteiger partial charge on any atom is -0.380 e. The third kappa shape index (κ3) is 1.94. The molecule has 0 atom stereocenters. The van der Waals surface area contributed by atoms with Gasteiger partial charge in [0, 0.05) is 19.8 Å². The van der Waals surface area contributed by atoms with Crippen molar-refractivity contribution >= 4 is 0 Å². The first-order valence-electron chi connectivity index (χ1n) is 3.04. The predicted molar refractivity (Wildman–Crippen MR) is 42.2 cm³/mol. The van der Waals surface area contributed by atoms with Crippen LogP contribution in [0.2, 0.25) is 0 Å². The Kier molecular flexibility index (Phi) is 3.27. The molecule has 0 aromatic heterocycles. The Hall–Kier alpha value is -1.23. The molecular formula is C8H12N2. The summed E-state index contributed by atoms with van der Waals surface area (Å²) in [6.45, 7) is 5.42. The van der Waals surface area contributed by atoms with Crippen molar-refractivity contribution in [2.75, 3.05) is 14.1 Å². The van der Waals surface area contributed by atoms with Crippen molar-refractivity contribution in [2.24, 2.45) is 0 Å². The third-order valence-electron chi connectivity index (χ3n) is 1.39. The van der Waals surface area contributed by atoms with Gasteiger partial charge in [-0.25, -0.2) is 0 Å². The van der Waals surface area contributed by atoms with E-state index in [1.807, 2.05) is 25.9 Å². The van der Waals surface area contributed by atoms with E-state index in [-0.39, 0.29) is 0 Å². The molecule has 0 N–H and O–H groups in total. The second-order valence-electron chi connectivity index (χ2n) is 2.21. The first kappa shape index (κ1) is 8.77. The summed E-state index contributed by atoms with van der Waals surface area (Å²) in [7, 11) is 3.80. The van der Waals surface area contributed by atoms with Gasteiger partial charge >= 0.3 is 0 Å². The van der Waals surface area contributed by atoms with Crippen molar-refractivity contribution in [3.05, 3.63) is 23.9 Å². The Balaban J connectivity index is 4.64. The van der Waals surface area contributed by atoms with Gasteiger partial charge < -0.3 is 4.90 Å². The van der Waals surface area contributed by atoms with Crippen LogP contribution in [0.3, 0.4) is 0 Å². The van der Waals surface area contributed by atoms with Crippen LogP contribution in [0.5, 0.6) is 0 Å². The van der Waals surface area contributed by atoms with E-state index in [4.69, 9.17) is 5.26 Å². The van der Waals surface area contributed by atoms with Crippen molar-refractivity contribution in [2.45, 2.75) is 6.92 Å². The zero-order chi connectivity index (χ0) is 8.15. The van der Waals surface area contributed by atoms with E-state index in [0.29, 0.717) is 5.57 Å². The smallest absolute Gasteiger partial charge is 0.101 e. The van der Waals surface area contributed by atoms with Gasteiger partial charge in [0.25, 0.3) is 0 Å². The molecule has 54 valence electrons. The number of hydrogen-bond donors (Lipinski definition) is 0. The highest BCUT2D eigenvalue weighted by atomic mass is 15.1. The molecule has 0 heterocycles. The van der Waals surface area contributed by atoms with Gasteiger partial charge in [-0.15, -0.1) is 0 Å². The zero-order valence-corrected chi connectivity index (χ0v) is 6.68. The quantitative estimate of drug-likeness (QED) is 0.425. The molecule has 0 amide bonds. The molecule has 0 aliphatic rings. The summed E-state index contributed by atoms with van der Waals surface area (Å²) < 4.78 is 0. The highest BCUT2D eigenvalue weighted by molar-refractivity contribution is 5.34. The largest absolute Gasteiger partial charge is 0.380 e. The van der Waals surface area contributed by atoms with Crippen LogP contribution in [0.25, 0.3) is 0 Å². The molecule has 0 bridgehead atoms. The molecule has 0 aliphatic heterocycles. The average molecular weight is 136 g/mol. The van der Waals surface area contributed by atoms with Crippen LogP contribution in [0.15, 0.2) is 23.9 Å². The first-order valence-corrected chi connectivity index (χ1v) is 3.04. The Morgan fingerprint density at radius 3 is 2.20 bits per heavy atom. The van der Waals surface area contributed by atoms with Gasteiger partial charge in [-0.2, -0.15) is 5.26 Å². The molecule has 0 saturated heterocycles. The van der Waals surface area contributed by atoms with Crippen LogP contribution in [0, 0.1) is 11.3 Å². The van der Waals surface area contributed by atoms with E-state index in [2.05, 4.69) is 12.6 Å². The second kappa shape index (κ2) is 3.73. The van der Waals surface area contributed by atoms with Crippen molar-refractivity contribution < 1.29 is 0 Å². The lowest BCUT2D eigenvalue weighted by Crippen LogP contribution is -2.09. The lowest BCUT2D eigenvalue weighted by atomic mass is 10.2. The lowest BCUT2D eigenvalue weighted by Gasteiger charge is -2.12. The molecule has 0 rings (SSSR count). The van der Waals surface area contributed by atoms with Crippen LogP contribution in [-0.2, 0) is 0 Å². The maximum atomic E-state index is 8.54. The fourth-order valence-corrected chi connectivity index (χ4v) is 0.515. The Labute approximate surface area is 62.1 Å². The van der Waals surface area contributed by atoms with Crippen LogP contribution in [-0.4, -0.2) is 19.0 Å². The summed E-state index contributed by atoms with van der Waals surface area (Å²) in [6.07, 6.45) is 1.56. The molecule has 0 radical (unpaired) electrons. The standard InChI is InChI=1S/C8H12N2/c1-5-8(6-9)7(2)10(3)4/h5H,1H2,2-4H3/b8-7+. The van der Waals surface area contributed by atoms with E-state index in [1.165, 1.54) is 0 Å². The predicted octanol–water partition coefficient (Wildman–Crippen LogP) is 1.53. The fraction of sp³-hybridized carbons (Fsp3) is 0.375. The van der Waals surface area contributed by atoms with Gasteiger partial charge in [-0.3, -0.25) is 0 Å². The third-order valence-corrected chi connectivity index (χ3v) is 1.39. The summed E-state index contributed by atoms with van der Waals surface area (Å²) in [5.74, 6) is 0. The lowest BCUT2D eigenvalue weighted by molar-refractivity contribution is 0.511. The van der Waals surface area contributed by atoms with Crippen molar-refractivity contribution in [3.8, 4) is 6.07 Å². The highest BCUT2D eigenvalue weighted by Gasteiger charge is 1.97. The van der Waals surface area contributed by atoms with Crippen molar-refractivity contribution in [3.63, 3.8) is 0 Å². The number of hydrogen-bond acceptors (Lipinski definition) is 2. The Bertz CT molecular complexity index is 194. The Morgan fingerprint density at radius 2 is 2.10 bits per heavy atom. The van der Waals surface area contributed by atoms with Gasteiger partial charge in [0.1, 0.15) is 6.07 Å². The maximum Gasteiger partial charge on any atom is 0.101 e. The fourth-order valence-electron chi connectivity index (χ4n) is 0.515. The topological polar surface area (TPSA) is 27.0 Å². The molecule has 2 heteroatoms. The minimum atomic E-state index is 0.630. The molecule has 0 aromatic rings. The first-order chi connectivity index (χ1) is 4.63.